The number of ether oxygens (including phenoxy) is 1. The predicted octanol–water partition coefficient (Wildman–Crippen LogP) is 6.49. The highest BCUT2D eigenvalue weighted by Gasteiger charge is 2.17. The number of rotatable bonds is 14. The fraction of sp³-hybridized carbons (Fsp3) is 0.714. The molecule has 0 spiro atoms. The van der Waals surface area contributed by atoms with Crippen LogP contribution in [0.5, 0.6) is 11.5 Å². The zero-order chi connectivity index (χ0) is 17.6. The first-order chi connectivity index (χ1) is 11.7. The van der Waals surface area contributed by atoms with Gasteiger partial charge in [-0.05, 0) is 18.9 Å². The van der Waals surface area contributed by atoms with Crippen molar-refractivity contribution in [3.63, 3.8) is 0 Å². The van der Waals surface area contributed by atoms with Gasteiger partial charge in [-0.25, -0.2) is 0 Å². The van der Waals surface area contributed by atoms with E-state index in [4.69, 9.17) is 4.74 Å². The molecule has 0 saturated heterocycles. The lowest BCUT2D eigenvalue weighted by molar-refractivity contribution is 0.0407. The average Bonchev–Trinajstić information content (AvgIpc) is 2.59. The van der Waals surface area contributed by atoms with Crippen LogP contribution in [-0.4, -0.2) is 16.8 Å². The molecule has 138 valence electrons. The largest absolute Gasteiger partial charge is 0.504 e. The number of para-hydroxylation sites is 1. The molecule has 0 saturated carbocycles. The van der Waals surface area contributed by atoms with Gasteiger partial charge in [0.2, 0.25) is 0 Å². The lowest BCUT2D eigenvalue weighted by atomic mass is 10.0. The summed E-state index contributed by atoms with van der Waals surface area (Å²) in [4.78, 5) is 0. The smallest absolute Gasteiger partial charge is 0.163 e. The van der Waals surface area contributed by atoms with Crippen molar-refractivity contribution in [2.75, 3.05) is 6.61 Å². The van der Waals surface area contributed by atoms with Gasteiger partial charge in [-0.1, -0.05) is 83.8 Å². The van der Waals surface area contributed by atoms with E-state index in [9.17, 15) is 10.2 Å². The molecule has 3 nitrogen and oxygen atoms in total. The van der Waals surface area contributed by atoms with Gasteiger partial charge in [-0.2, -0.15) is 0 Å². The van der Waals surface area contributed by atoms with Crippen LogP contribution in [0.3, 0.4) is 0 Å². The minimum absolute atomic E-state index is 0.0328. The van der Waals surface area contributed by atoms with Crippen molar-refractivity contribution in [3.8, 4) is 11.5 Å². The molecule has 0 aliphatic rings. The maximum Gasteiger partial charge on any atom is 0.163 e. The summed E-state index contributed by atoms with van der Waals surface area (Å²) in [5.74, 6) is -0.0980. The van der Waals surface area contributed by atoms with E-state index in [1.807, 2.05) is 6.07 Å². The summed E-state index contributed by atoms with van der Waals surface area (Å²) in [6.07, 6.45) is 13.2. The molecule has 0 amide bonds. The molecule has 0 heterocycles. The summed E-state index contributed by atoms with van der Waals surface area (Å²) < 4.78 is 6.04. The van der Waals surface area contributed by atoms with Gasteiger partial charge in [0.05, 0.1) is 6.10 Å². The van der Waals surface area contributed by atoms with E-state index in [1.54, 1.807) is 6.07 Å². The Labute approximate surface area is 148 Å². The highest BCUT2D eigenvalue weighted by atomic mass is 16.5. The lowest BCUT2D eigenvalue weighted by Crippen LogP contribution is -2.06. The molecule has 1 rings (SSSR count). The zero-order valence-corrected chi connectivity index (χ0v) is 15.6. The topological polar surface area (TPSA) is 49.7 Å². The Kier molecular flexibility index (Phi) is 11.4. The van der Waals surface area contributed by atoms with Gasteiger partial charge in [0.15, 0.2) is 11.5 Å². The van der Waals surface area contributed by atoms with E-state index in [2.05, 4.69) is 13.8 Å². The van der Waals surface area contributed by atoms with E-state index in [-0.39, 0.29) is 17.6 Å². The van der Waals surface area contributed by atoms with Crippen LogP contribution in [0.25, 0.3) is 0 Å². The highest BCUT2D eigenvalue weighted by Crippen LogP contribution is 2.36. The van der Waals surface area contributed by atoms with Crippen molar-refractivity contribution in [1.82, 2.24) is 0 Å². The number of phenols is 2. The molecule has 1 atom stereocenters. The first-order valence-corrected chi connectivity index (χ1v) is 9.83. The van der Waals surface area contributed by atoms with Crippen molar-refractivity contribution in [1.29, 1.82) is 0 Å². The Morgan fingerprint density at radius 2 is 1.46 bits per heavy atom. The summed E-state index contributed by atoms with van der Waals surface area (Å²) in [6.45, 7) is 5.12. The summed E-state index contributed by atoms with van der Waals surface area (Å²) >= 11 is 0. The van der Waals surface area contributed by atoms with Crippen molar-refractivity contribution in [2.45, 2.75) is 90.6 Å². The molecule has 0 bridgehead atoms. The minimum Gasteiger partial charge on any atom is -0.504 e. The van der Waals surface area contributed by atoms with Crippen LogP contribution < -0.4 is 0 Å². The number of hydrogen-bond donors (Lipinski definition) is 2. The summed E-state index contributed by atoms with van der Waals surface area (Å²) in [7, 11) is 0. The highest BCUT2D eigenvalue weighted by molar-refractivity contribution is 5.45. The van der Waals surface area contributed by atoms with E-state index < -0.39 is 0 Å². The molecule has 0 fully saturated rings. The van der Waals surface area contributed by atoms with Crippen LogP contribution >= 0.6 is 0 Å². The van der Waals surface area contributed by atoms with Gasteiger partial charge in [-0.15, -0.1) is 0 Å². The molecule has 1 unspecified atom stereocenters. The fourth-order valence-corrected chi connectivity index (χ4v) is 2.99. The first kappa shape index (κ1) is 20.8. The molecule has 1 aromatic carbocycles. The minimum atomic E-state index is -0.124. The molecule has 0 radical (unpaired) electrons. The monoisotopic (exact) mass is 336 g/mol. The van der Waals surface area contributed by atoms with Crippen LogP contribution in [0.15, 0.2) is 18.2 Å². The molecule has 0 aliphatic heterocycles. The molecule has 3 heteroatoms. The van der Waals surface area contributed by atoms with E-state index in [1.165, 1.54) is 51.0 Å². The van der Waals surface area contributed by atoms with Gasteiger partial charge < -0.3 is 14.9 Å². The van der Waals surface area contributed by atoms with Crippen LogP contribution in [0.1, 0.15) is 96.1 Å². The number of aromatic hydroxyl groups is 2. The SMILES string of the molecule is CCCCCCCCCCOC(CCCC)c1cccc(O)c1O. The zero-order valence-electron chi connectivity index (χ0n) is 15.6. The summed E-state index contributed by atoms with van der Waals surface area (Å²) in [5, 5.41) is 19.8. The van der Waals surface area contributed by atoms with Crippen molar-refractivity contribution in [3.05, 3.63) is 23.8 Å². The number of hydrogen-bond acceptors (Lipinski definition) is 3. The Hall–Kier alpha value is -1.22. The molecular formula is C21H36O3. The maximum absolute atomic E-state index is 10.1. The standard InChI is InChI=1S/C21H36O3/c1-3-5-7-8-9-10-11-12-17-24-20(16-6-4-2)18-14-13-15-19(22)21(18)23/h13-15,20,22-23H,3-12,16-17H2,1-2H3. The quantitative estimate of drug-likeness (QED) is 0.302. The molecular weight excluding hydrogens is 300 g/mol. The van der Waals surface area contributed by atoms with Crippen LogP contribution in [-0.2, 0) is 4.74 Å². The molecule has 24 heavy (non-hydrogen) atoms. The van der Waals surface area contributed by atoms with Gasteiger partial charge in [-0.3, -0.25) is 0 Å². The summed E-state index contributed by atoms with van der Waals surface area (Å²) in [6, 6.07) is 5.13. The summed E-state index contributed by atoms with van der Waals surface area (Å²) in [5.41, 5.74) is 0.711. The van der Waals surface area contributed by atoms with Gasteiger partial charge in [0, 0.05) is 12.2 Å². The second kappa shape index (κ2) is 13.1. The first-order valence-electron chi connectivity index (χ1n) is 9.83. The third kappa shape index (κ3) is 8.05. The maximum atomic E-state index is 10.1. The molecule has 0 aliphatic carbocycles. The third-order valence-corrected chi connectivity index (χ3v) is 4.53. The van der Waals surface area contributed by atoms with Crippen molar-refractivity contribution in [2.24, 2.45) is 0 Å². The van der Waals surface area contributed by atoms with Crippen molar-refractivity contribution < 1.29 is 14.9 Å². The predicted molar refractivity (Wildman–Crippen MR) is 101 cm³/mol. The van der Waals surface area contributed by atoms with Crippen molar-refractivity contribution >= 4 is 0 Å². The van der Waals surface area contributed by atoms with E-state index >= 15 is 0 Å². The Bertz CT molecular complexity index is 431. The molecule has 1 aromatic rings. The Balaban J connectivity index is 2.32. The second-order valence-electron chi connectivity index (χ2n) is 6.69. The normalized spacial score (nSPS) is 12.4. The van der Waals surface area contributed by atoms with E-state index in [0.29, 0.717) is 5.56 Å². The van der Waals surface area contributed by atoms with Crippen LogP contribution in [0, 0.1) is 0 Å². The number of unbranched alkanes of at least 4 members (excludes halogenated alkanes) is 8. The molecule has 0 aromatic heterocycles. The van der Waals surface area contributed by atoms with Gasteiger partial charge >= 0.3 is 0 Å². The van der Waals surface area contributed by atoms with Crippen LogP contribution in [0.2, 0.25) is 0 Å². The number of phenolic OH excluding ortho intramolecular Hbond substituents is 2. The fourth-order valence-electron chi connectivity index (χ4n) is 2.99. The van der Waals surface area contributed by atoms with Gasteiger partial charge in [0.25, 0.3) is 0 Å². The average molecular weight is 337 g/mol. The second-order valence-corrected chi connectivity index (χ2v) is 6.69. The van der Waals surface area contributed by atoms with E-state index in [0.717, 1.165) is 32.3 Å². The molecule has 2 N–H and O–H groups in total. The Morgan fingerprint density at radius 1 is 0.833 bits per heavy atom. The van der Waals surface area contributed by atoms with Gasteiger partial charge in [0.1, 0.15) is 0 Å². The third-order valence-electron chi connectivity index (χ3n) is 4.53. The number of benzene rings is 1. The lowest BCUT2D eigenvalue weighted by Gasteiger charge is -2.19. The Morgan fingerprint density at radius 3 is 2.12 bits per heavy atom. The van der Waals surface area contributed by atoms with Crippen LogP contribution in [0.4, 0.5) is 0 Å².